The Morgan fingerprint density at radius 2 is 2.05 bits per heavy atom. The minimum atomic E-state index is 0.787. The van der Waals surface area contributed by atoms with Gasteiger partial charge in [0.25, 0.3) is 0 Å². The third kappa shape index (κ3) is 3.10. The Kier molecular flexibility index (Phi) is 4.95. The predicted molar refractivity (Wildman–Crippen MR) is 86.0 cm³/mol. The van der Waals surface area contributed by atoms with Gasteiger partial charge in [-0.15, -0.1) is 0 Å². The summed E-state index contributed by atoms with van der Waals surface area (Å²) in [4.78, 5) is 2.45. The number of rotatable bonds is 4. The van der Waals surface area contributed by atoms with Crippen LogP contribution >= 0.6 is 0 Å². The summed E-state index contributed by atoms with van der Waals surface area (Å²) in [5.74, 6) is 2.77. The van der Waals surface area contributed by atoms with Crippen molar-refractivity contribution >= 4 is 11.5 Å². The fourth-order valence-electron chi connectivity index (χ4n) is 3.38. The molecular weight excluding hydrogens is 248 g/mol. The highest BCUT2D eigenvalue weighted by Crippen LogP contribution is 2.31. The van der Waals surface area contributed by atoms with E-state index in [2.05, 4.69) is 30.8 Å². The lowest BCUT2D eigenvalue weighted by molar-refractivity contribution is 0.351. The molecule has 0 aliphatic carbocycles. The van der Waals surface area contributed by atoms with E-state index in [1.807, 2.05) is 11.7 Å². The molecule has 1 aliphatic rings. The molecule has 1 aromatic rings. The van der Waals surface area contributed by atoms with Crippen molar-refractivity contribution in [2.24, 2.45) is 18.9 Å². The summed E-state index contributed by atoms with van der Waals surface area (Å²) in [5.41, 5.74) is 8.31. The number of aromatic nitrogens is 2. The van der Waals surface area contributed by atoms with E-state index in [1.54, 1.807) is 0 Å². The zero-order valence-corrected chi connectivity index (χ0v) is 13.5. The van der Waals surface area contributed by atoms with Crippen LogP contribution in [0.1, 0.15) is 52.1 Å². The molecule has 1 aliphatic heterocycles. The number of nitrogens with zero attached hydrogens (tertiary/aromatic N) is 3. The number of hydrogen-bond acceptors (Lipinski definition) is 3. The second kappa shape index (κ2) is 6.51. The highest BCUT2D eigenvalue weighted by Gasteiger charge is 2.24. The van der Waals surface area contributed by atoms with Gasteiger partial charge in [0.1, 0.15) is 5.82 Å². The lowest BCUT2D eigenvalue weighted by Gasteiger charge is -2.24. The van der Waals surface area contributed by atoms with Gasteiger partial charge < -0.3 is 10.6 Å². The van der Waals surface area contributed by atoms with Gasteiger partial charge in [0, 0.05) is 20.1 Å². The van der Waals surface area contributed by atoms with Gasteiger partial charge in [0.15, 0.2) is 0 Å². The van der Waals surface area contributed by atoms with Gasteiger partial charge >= 0.3 is 0 Å². The Hall–Kier alpha value is -1.19. The largest absolute Gasteiger partial charge is 0.394 e. The lowest BCUT2D eigenvalue weighted by Crippen LogP contribution is -2.27. The molecule has 0 radical (unpaired) electrons. The first-order valence-corrected chi connectivity index (χ1v) is 8.10. The zero-order valence-electron chi connectivity index (χ0n) is 13.5. The van der Waals surface area contributed by atoms with Crippen LogP contribution in [0.15, 0.2) is 0 Å². The van der Waals surface area contributed by atoms with E-state index < -0.39 is 0 Å². The third-order valence-electron chi connectivity index (χ3n) is 4.63. The average molecular weight is 278 g/mol. The smallest absolute Gasteiger partial charge is 0.150 e. The van der Waals surface area contributed by atoms with Crippen molar-refractivity contribution < 1.29 is 0 Å². The van der Waals surface area contributed by atoms with E-state index in [4.69, 9.17) is 5.73 Å². The number of nitrogen functional groups attached to an aromatic ring is 1. The van der Waals surface area contributed by atoms with E-state index in [1.165, 1.54) is 19.3 Å². The van der Waals surface area contributed by atoms with Crippen molar-refractivity contribution in [2.75, 3.05) is 23.7 Å². The molecule has 114 valence electrons. The maximum atomic E-state index is 6.34. The highest BCUT2D eigenvalue weighted by atomic mass is 15.4. The molecule has 2 heterocycles. The Balaban J connectivity index is 2.15. The maximum Gasteiger partial charge on any atom is 0.150 e. The molecule has 20 heavy (non-hydrogen) atoms. The molecule has 0 spiro atoms. The minimum Gasteiger partial charge on any atom is -0.394 e. The Morgan fingerprint density at radius 3 is 2.70 bits per heavy atom. The molecule has 2 N–H and O–H groups in total. The summed E-state index contributed by atoms with van der Waals surface area (Å²) in [6.07, 6.45) is 5.94. The first kappa shape index (κ1) is 15.2. The second-order valence-corrected chi connectivity index (χ2v) is 6.48. The molecule has 2 rings (SSSR count). The number of anilines is 2. The molecule has 1 saturated heterocycles. The van der Waals surface area contributed by atoms with Crippen LogP contribution in [0, 0.1) is 11.8 Å². The van der Waals surface area contributed by atoms with Crippen molar-refractivity contribution in [2.45, 2.75) is 52.9 Å². The van der Waals surface area contributed by atoms with Crippen molar-refractivity contribution in [3.63, 3.8) is 0 Å². The number of nitrogens with two attached hydrogens (primary N) is 1. The van der Waals surface area contributed by atoms with Crippen LogP contribution in [0.2, 0.25) is 0 Å². The summed E-state index contributed by atoms with van der Waals surface area (Å²) < 4.78 is 1.98. The molecule has 0 bridgehead atoms. The van der Waals surface area contributed by atoms with Crippen molar-refractivity contribution in [1.29, 1.82) is 0 Å². The molecular formula is C16H30N4. The molecule has 1 unspecified atom stereocenters. The van der Waals surface area contributed by atoms with Gasteiger partial charge in [0.2, 0.25) is 0 Å². The van der Waals surface area contributed by atoms with Crippen LogP contribution in [-0.4, -0.2) is 22.9 Å². The van der Waals surface area contributed by atoms with Crippen LogP contribution in [0.3, 0.4) is 0 Å². The van der Waals surface area contributed by atoms with E-state index in [9.17, 15) is 0 Å². The van der Waals surface area contributed by atoms with E-state index in [-0.39, 0.29) is 0 Å². The molecule has 0 amide bonds. The highest BCUT2D eigenvalue weighted by molar-refractivity contribution is 5.66. The maximum absolute atomic E-state index is 6.34. The van der Waals surface area contributed by atoms with Crippen LogP contribution in [0.5, 0.6) is 0 Å². The summed E-state index contributed by atoms with van der Waals surface area (Å²) >= 11 is 0. The standard InChI is InChI=1S/C16H30N4/c1-5-7-14-15(17)16(19(4)18-14)20-10-6-8-13(9-11-20)12(2)3/h12-13H,5-11,17H2,1-4H3. The SMILES string of the molecule is CCCc1nn(C)c(N2CCCC(C(C)C)CC2)c1N. The van der Waals surface area contributed by atoms with Gasteiger partial charge in [0.05, 0.1) is 11.4 Å². The van der Waals surface area contributed by atoms with Crippen molar-refractivity contribution in [3.8, 4) is 0 Å². The number of hydrogen-bond donors (Lipinski definition) is 1. The molecule has 1 fully saturated rings. The Morgan fingerprint density at radius 1 is 1.30 bits per heavy atom. The van der Waals surface area contributed by atoms with Gasteiger partial charge in [-0.3, -0.25) is 4.68 Å². The van der Waals surface area contributed by atoms with Crippen LogP contribution < -0.4 is 10.6 Å². The second-order valence-electron chi connectivity index (χ2n) is 6.48. The summed E-state index contributed by atoms with van der Waals surface area (Å²) in [6.45, 7) is 9.08. The van der Waals surface area contributed by atoms with E-state index >= 15 is 0 Å². The van der Waals surface area contributed by atoms with E-state index in [0.29, 0.717) is 0 Å². The Labute approximate surface area is 123 Å². The summed E-state index contributed by atoms with van der Waals surface area (Å²) in [7, 11) is 2.02. The zero-order chi connectivity index (χ0) is 14.7. The minimum absolute atomic E-state index is 0.787. The summed E-state index contributed by atoms with van der Waals surface area (Å²) in [5, 5.41) is 4.61. The van der Waals surface area contributed by atoms with Crippen LogP contribution in [-0.2, 0) is 13.5 Å². The lowest BCUT2D eigenvalue weighted by atomic mass is 9.89. The van der Waals surface area contributed by atoms with Crippen molar-refractivity contribution in [3.05, 3.63) is 5.69 Å². The fourth-order valence-corrected chi connectivity index (χ4v) is 3.38. The van der Waals surface area contributed by atoms with Crippen molar-refractivity contribution in [1.82, 2.24) is 9.78 Å². The topological polar surface area (TPSA) is 47.1 Å². The predicted octanol–water partition coefficient (Wildman–Crippen LogP) is 3.22. The monoisotopic (exact) mass is 278 g/mol. The van der Waals surface area contributed by atoms with Gasteiger partial charge in [-0.1, -0.05) is 27.2 Å². The quantitative estimate of drug-likeness (QED) is 0.920. The van der Waals surface area contributed by atoms with Gasteiger partial charge in [-0.2, -0.15) is 5.10 Å². The first-order valence-electron chi connectivity index (χ1n) is 8.10. The van der Waals surface area contributed by atoms with Gasteiger partial charge in [-0.25, -0.2) is 0 Å². The molecule has 0 saturated carbocycles. The molecule has 4 nitrogen and oxygen atoms in total. The number of aryl methyl sites for hydroxylation is 2. The van der Waals surface area contributed by atoms with Gasteiger partial charge in [-0.05, 0) is 37.5 Å². The average Bonchev–Trinajstić information content (AvgIpc) is 2.59. The molecule has 1 atom stereocenters. The molecule has 0 aromatic carbocycles. The van der Waals surface area contributed by atoms with Crippen LogP contribution in [0.25, 0.3) is 0 Å². The third-order valence-corrected chi connectivity index (χ3v) is 4.63. The normalized spacial score (nSPS) is 20.4. The Bertz CT molecular complexity index is 436. The molecule has 1 aromatic heterocycles. The first-order chi connectivity index (χ1) is 9.54. The fraction of sp³-hybridized carbons (Fsp3) is 0.812. The van der Waals surface area contributed by atoms with Crippen LogP contribution in [0.4, 0.5) is 11.5 Å². The van der Waals surface area contributed by atoms with E-state index in [0.717, 1.165) is 55.0 Å². The molecule has 4 heteroatoms. The summed E-state index contributed by atoms with van der Waals surface area (Å²) in [6, 6.07) is 0.